The monoisotopic (exact) mass is 313 g/mol. The van der Waals surface area contributed by atoms with Gasteiger partial charge in [-0.1, -0.05) is 17.7 Å². The van der Waals surface area contributed by atoms with Crippen LogP contribution in [0, 0.1) is 12.7 Å². The molecule has 7 heteroatoms. The molecule has 0 aliphatic heterocycles. The molecule has 2 aromatic carbocycles. The molecule has 22 heavy (non-hydrogen) atoms. The molecule has 3 nitrogen and oxygen atoms in total. The van der Waals surface area contributed by atoms with Gasteiger partial charge in [0.1, 0.15) is 0 Å². The molecule has 1 N–H and O–H groups in total. The summed E-state index contributed by atoms with van der Waals surface area (Å²) in [6.45, 7) is 1.81. The van der Waals surface area contributed by atoms with Gasteiger partial charge in [-0.05, 0) is 31.2 Å². The second-order valence-corrected chi connectivity index (χ2v) is 4.52. The van der Waals surface area contributed by atoms with Crippen LogP contribution in [0.4, 0.5) is 23.2 Å². The molecule has 2 rings (SSSR count). The number of amides is 1. The number of carbonyl (C=O) groups excluding carboxylic acids is 1. The summed E-state index contributed by atoms with van der Waals surface area (Å²) >= 11 is 0. The first kappa shape index (κ1) is 15.8. The molecular weight excluding hydrogens is 302 g/mol. The summed E-state index contributed by atoms with van der Waals surface area (Å²) in [4.78, 5) is 11.9. The van der Waals surface area contributed by atoms with E-state index in [2.05, 4.69) is 10.1 Å². The topological polar surface area (TPSA) is 38.3 Å². The Morgan fingerprint density at radius 2 is 1.86 bits per heavy atom. The molecule has 0 radical (unpaired) electrons. The average Bonchev–Trinajstić information content (AvgIpc) is 2.40. The SMILES string of the molecule is Cc1cccc(C(=O)Nc2ccc(OC(F)(F)F)c(F)c2)c1. The molecule has 2 aromatic rings. The van der Waals surface area contributed by atoms with Crippen LogP contribution in [0.1, 0.15) is 15.9 Å². The van der Waals surface area contributed by atoms with E-state index in [4.69, 9.17) is 0 Å². The molecule has 0 spiro atoms. The second kappa shape index (κ2) is 6.05. The zero-order chi connectivity index (χ0) is 16.3. The molecule has 0 fully saturated rings. The van der Waals surface area contributed by atoms with Crippen LogP contribution in [0.3, 0.4) is 0 Å². The highest BCUT2D eigenvalue weighted by molar-refractivity contribution is 6.04. The molecular formula is C15H11F4NO2. The number of ether oxygens (including phenoxy) is 1. The molecule has 0 atom stereocenters. The fourth-order valence-electron chi connectivity index (χ4n) is 1.78. The first-order valence-electron chi connectivity index (χ1n) is 6.18. The van der Waals surface area contributed by atoms with E-state index in [-0.39, 0.29) is 5.69 Å². The third-order valence-corrected chi connectivity index (χ3v) is 2.70. The van der Waals surface area contributed by atoms with E-state index in [1.54, 1.807) is 31.2 Å². The summed E-state index contributed by atoms with van der Waals surface area (Å²) in [5.74, 6) is -2.67. The minimum absolute atomic E-state index is 0.0264. The van der Waals surface area contributed by atoms with Crippen LogP contribution < -0.4 is 10.1 Å². The Morgan fingerprint density at radius 3 is 2.45 bits per heavy atom. The van der Waals surface area contributed by atoms with E-state index >= 15 is 0 Å². The van der Waals surface area contributed by atoms with E-state index in [9.17, 15) is 22.4 Å². The van der Waals surface area contributed by atoms with Crippen molar-refractivity contribution in [1.82, 2.24) is 0 Å². The number of aryl methyl sites for hydroxylation is 1. The summed E-state index contributed by atoms with van der Waals surface area (Å²) in [6.07, 6.45) is -4.98. The van der Waals surface area contributed by atoms with Crippen LogP contribution in [0.25, 0.3) is 0 Å². The van der Waals surface area contributed by atoms with Gasteiger partial charge in [0.05, 0.1) is 0 Å². The Kier molecular flexibility index (Phi) is 4.35. The van der Waals surface area contributed by atoms with Gasteiger partial charge in [-0.15, -0.1) is 13.2 Å². The number of nitrogens with one attached hydrogen (secondary N) is 1. The fourth-order valence-corrected chi connectivity index (χ4v) is 1.78. The second-order valence-electron chi connectivity index (χ2n) is 4.52. The maximum absolute atomic E-state index is 13.5. The summed E-state index contributed by atoms with van der Waals surface area (Å²) in [5.41, 5.74) is 1.25. The maximum Gasteiger partial charge on any atom is 0.573 e. The van der Waals surface area contributed by atoms with Gasteiger partial charge in [0.2, 0.25) is 0 Å². The number of halogens is 4. The van der Waals surface area contributed by atoms with Crippen molar-refractivity contribution in [3.8, 4) is 5.75 Å². The first-order valence-corrected chi connectivity index (χ1v) is 6.18. The minimum Gasteiger partial charge on any atom is -0.403 e. The van der Waals surface area contributed by atoms with Crippen LogP contribution in [-0.2, 0) is 0 Å². The van der Waals surface area contributed by atoms with Crippen molar-refractivity contribution >= 4 is 11.6 Å². The Morgan fingerprint density at radius 1 is 1.14 bits per heavy atom. The van der Waals surface area contributed by atoms with Crippen LogP contribution in [0.2, 0.25) is 0 Å². The number of carbonyl (C=O) groups is 1. The van der Waals surface area contributed by atoms with E-state index in [0.29, 0.717) is 5.56 Å². The maximum atomic E-state index is 13.5. The van der Waals surface area contributed by atoms with Crippen molar-refractivity contribution in [3.05, 3.63) is 59.4 Å². The molecule has 0 heterocycles. The Bertz CT molecular complexity index is 698. The third kappa shape index (κ3) is 4.21. The predicted octanol–water partition coefficient (Wildman–Crippen LogP) is 4.29. The highest BCUT2D eigenvalue weighted by Crippen LogP contribution is 2.27. The van der Waals surface area contributed by atoms with E-state index in [1.165, 1.54) is 0 Å². The van der Waals surface area contributed by atoms with E-state index in [1.807, 2.05) is 0 Å². The number of anilines is 1. The lowest BCUT2D eigenvalue weighted by Crippen LogP contribution is -2.18. The molecule has 0 saturated heterocycles. The number of hydrogen-bond acceptors (Lipinski definition) is 2. The zero-order valence-electron chi connectivity index (χ0n) is 11.4. The molecule has 1 amide bonds. The summed E-state index contributed by atoms with van der Waals surface area (Å²) in [7, 11) is 0. The van der Waals surface area contributed by atoms with E-state index < -0.39 is 23.8 Å². The fraction of sp³-hybridized carbons (Fsp3) is 0.133. The van der Waals surface area contributed by atoms with Crippen molar-refractivity contribution in [3.63, 3.8) is 0 Å². The van der Waals surface area contributed by atoms with Crippen LogP contribution in [0.15, 0.2) is 42.5 Å². The van der Waals surface area contributed by atoms with Gasteiger partial charge in [-0.3, -0.25) is 4.79 Å². The quantitative estimate of drug-likeness (QED) is 0.859. The number of alkyl halides is 3. The number of rotatable bonds is 3. The average molecular weight is 313 g/mol. The van der Waals surface area contributed by atoms with Crippen LogP contribution >= 0.6 is 0 Å². The molecule has 0 aromatic heterocycles. The molecule has 0 unspecified atom stereocenters. The van der Waals surface area contributed by atoms with Crippen molar-refractivity contribution in [2.45, 2.75) is 13.3 Å². The Labute approximate surface area is 123 Å². The van der Waals surface area contributed by atoms with Gasteiger partial charge in [-0.2, -0.15) is 0 Å². The summed E-state index contributed by atoms with van der Waals surface area (Å²) in [5, 5.41) is 2.40. The zero-order valence-corrected chi connectivity index (χ0v) is 11.4. The van der Waals surface area contributed by atoms with E-state index in [0.717, 1.165) is 23.8 Å². The van der Waals surface area contributed by atoms with Crippen molar-refractivity contribution in [2.75, 3.05) is 5.32 Å². The Balaban J connectivity index is 2.14. The van der Waals surface area contributed by atoms with Gasteiger partial charge in [0.25, 0.3) is 5.91 Å². The summed E-state index contributed by atoms with van der Waals surface area (Å²) < 4.78 is 53.1. The lowest BCUT2D eigenvalue weighted by Gasteiger charge is -2.11. The standard InChI is InChI=1S/C15H11F4NO2/c1-9-3-2-4-10(7-9)14(21)20-11-5-6-13(12(16)8-11)22-15(17,18)19/h2-8H,1H3,(H,20,21). The van der Waals surface area contributed by atoms with Crippen molar-refractivity contribution in [1.29, 1.82) is 0 Å². The highest BCUT2D eigenvalue weighted by Gasteiger charge is 2.32. The highest BCUT2D eigenvalue weighted by atomic mass is 19.4. The molecule has 0 bridgehead atoms. The van der Waals surface area contributed by atoms with Crippen LogP contribution in [0.5, 0.6) is 5.75 Å². The van der Waals surface area contributed by atoms with Crippen molar-refractivity contribution in [2.24, 2.45) is 0 Å². The van der Waals surface area contributed by atoms with Gasteiger partial charge < -0.3 is 10.1 Å². The molecule has 0 aliphatic carbocycles. The van der Waals surface area contributed by atoms with Gasteiger partial charge in [0.15, 0.2) is 11.6 Å². The van der Waals surface area contributed by atoms with Crippen molar-refractivity contribution < 1.29 is 27.1 Å². The number of benzene rings is 2. The van der Waals surface area contributed by atoms with Gasteiger partial charge in [0, 0.05) is 17.3 Å². The molecule has 0 saturated carbocycles. The largest absolute Gasteiger partial charge is 0.573 e. The minimum atomic E-state index is -4.98. The normalized spacial score (nSPS) is 11.1. The summed E-state index contributed by atoms with van der Waals surface area (Å²) in [6, 6.07) is 9.37. The van der Waals surface area contributed by atoms with Gasteiger partial charge >= 0.3 is 6.36 Å². The van der Waals surface area contributed by atoms with Gasteiger partial charge in [-0.25, -0.2) is 4.39 Å². The number of hydrogen-bond donors (Lipinski definition) is 1. The molecule has 116 valence electrons. The third-order valence-electron chi connectivity index (χ3n) is 2.70. The first-order chi connectivity index (χ1) is 10.2. The predicted molar refractivity (Wildman–Crippen MR) is 72.2 cm³/mol. The lowest BCUT2D eigenvalue weighted by molar-refractivity contribution is -0.275. The van der Waals surface area contributed by atoms with Crippen LogP contribution in [-0.4, -0.2) is 12.3 Å². The smallest absolute Gasteiger partial charge is 0.403 e. The molecule has 0 aliphatic rings. The lowest BCUT2D eigenvalue weighted by atomic mass is 10.1. The Hall–Kier alpha value is -2.57.